The summed E-state index contributed by atoms with van der Waals surface area (Å²) in [6, 6.07) is 12.0. The molecule has 0 aromatic heterocycles. The molecular weight excluding hydrogens is 377 g/mol. The molecule has 26 heavy (non-hydrogen) atoms. The SMILES string of the molecule is C/C(=N\NC(=O)CN1C(=O)COc2ccc(Cl)cc21)c1ccc(Cl)cc1. The van der Waals surface area contributed by atoms with E-state index in [1.165, 1.54) is 4.90 Å². The Morgan fingerprint density at radius 1 is 1.19 bits per heavy atom. The number of anilines is 1. The number of ether oxygens (including phenoxy) is 1. The maximum absolute atomic E-state index is 12.2. The fourth-order valence-corrected chi connectivity index (χ4v) is 2.72. The van der Waals surface area contributed by atoms with Crippen LogP contribution in [0.5, 0.6) is 5.75 Å². The molecule has 0 spiro atoms. The predicted octanol–water partition coefficient (Wildman–Crippen LogP) is 3.26. The Morgan fingerprint density at radius 3 is 2.62 bits per heavy atom. The van der Waals surface area contributed by atoms with Crippen molar-refractivity contribution in [1.82, 2.24) is 5.43 Å². The van der Waals surface area contributed by atoms with Crippen LogP contribution in [0.25, 0.3) is 0 Å². The minimum Gasteiger partial charge on any atom is -0.482 e. The van der Waals surface area contributed by atoms with E-state index in [4.69, 9.17) is 27.9 Å². The summed E-state index contributed by atoms with van der Waals surface area (Å²) < 4.78 is 5.35. The zero-order chi connectivity index (χ0) is 18.7. The highest BCUT2D eigenvalue weighted by molar-refractivity contribution is 6.31. The third-order valence-electron chi connectivity index (χ3n) is 3.78. The predicted molar refractivity (Wildman–Crippen MR) is 101 cm³/mol. The van der Waals surface area contributed by atoms with Crippen LogP contribution in [-0.2, 0) is 9.59 Å². The zero-order valence-electron chi connectivity index (χ0n) is 13.8. The fourth-order valence-electron chi connectivity index (χ4n) is 2.43. The van der Waals surface area contributed by atoms with Crippen LogP contribution in [0.15, 0.2) is 47.6 Å². The molecule has 0 fully saturated rings. The van der Waals surface area contributed by atoms with Gasteiger partial charge in [-0.25, -0.2) is 5.43 Å². The van der Waals surface area contributed by atoms with E-state index in [0.29, 0.717) is 27.2 Å². The normalized spacial score (nSPS) is 13.9. The minimum absolute atomic E-state index is 0.130. The summed E-state index contributed by atoms with van der Waals surface area (Å²) in [4.78, 5) is 25.7. The first-order valence-electron chi connectivity index (χ1n) is 7.76. The molecule has 0 bridgehead atoms. The van der Waals surface area contributed by atoms with Crippen molar-refractivity contribution in [2.75, 3.05) is 18.1 Å². The van der Waals surface area contributed by atoms with Gasteiger partial charge in [0, 0.05) is 10.0 Å². The van der Waals surface area contributed by atoms with Crippen molar-refractivity contribution < 1.29 is 14.3 Å². The van der Waals surface area contributed by atoms with E-state index in [-0.39, 0.29) is 19.1 Å². The number of carbonyl (C=O) groups is 2. The maximum Gasteiger partial charge on any atom is 0.265 e. The largest absolute Gasteiger partial charge is 0.482 e. The van der Waals surface area contributed by atoms with E-state index in [1.807, 2.05) is 0 Å². The molecule has 134 valence electrons. The van der Waals surface area contributed by atoms with Crippen LogP contribution in [0, 0.1) is 0 Å². The number of amides is 2. The van der Waals surface area contributed by atoms with Gasteiger partial charge in [-0.05, 0) is 42.8 Å². The highest BCUT2D eigenvalue weighted by Gasteiger charge is 2.27. The van der Waals surface area contributed by atoms with Crippen LogP contribution < -0.4 is 15.1 Å². The first-order valence-corrected chi connectivity index (χ1v) is 8.51. The van der Waals surface area contributed by atoms with Crippen LogP contribution in [0.3, 0.4) is 0 Å². The Morgan fingerprint density at radius 2 is 1.88 bits per heavy atom. The Bertz CT molecular complexity index is 882. The highest BCUT2D eigenvalue weighted by atomic mass is 35.5. The number of carbonyl (C=O) groups excluding carboxylic acids is 2. The van der Waals surface area contributed by atoms with Gasteiger partial charge in [0.05, 0.1) is 11.4 Å². The molecule has 1 N–H and O–H groups in total. The lowest BCUT2D eigenvalue weighted by Gasteiger charge is -2.28. The number of fused-ring (bicyclic) bond motifs is 1. The van der Waals surface area contributed by atoms with Gasteiger partial charge in [-0.1, -0.05) is 35.3 Å². The average Bonchev–Trinajstić information content (AvgIpc) is 2.63. The molecule has 3 rings (SSSR count). The highest BCUT2D eigenvalue weighted by Crippen LogP contribution is 2.34. The van der Waals surface area contributed by atoms with Gasteiger partial charge in [0.1, 0.15) is 12.3 Å². The summed E-state index contributed by atoms with van der Waals surface area (Å²) in [6.07, 6.45) is 0. The number of nitrogens with one attached hydrogen (secondary N) is 1. The van der Waals surface area contributed by atoms with Crippen LogP contribution >= 0.6 is 23.2 Å². The molecule has 8 heteroatoms. The van der Waals surface area contributed by atoms with Gasteiger partial charge in [0.2, 0.25) is 0 Å². The van der Waals surface area contributed by atoms with E-state index in [1.54, 1.807) is 49.4 Å². The summed E-state index contributed by atoms with van der Waals surface area (Å²) in [6.45, 7) is 1.44. The number of nitrogens with zero attached hydrogens (tertiary/aromatic N) is 2. The van der Waals surface area contributed by atoms with E-state index in [9.17, 15) is 9.59 Å². The number of hydrogen-bond donors (Lipinski definition) is 1. The summed E-state index contributed by atoms with van der Waals surface area (Å²) in [5.41, 5.74) is 4.36. The smallest absolute Gasteiger partial charge is 0.265 e. The molecule has 2 aromatic carbocycles. The molecule has 1 aliphatic heterocycles. The van der Waals surface area contributed by atoms with E-state index in [2.05, 4.69) is 10.5 Å². The second-order valence-electron chi connectivity index (χ2n) is 5.62. The number of hydrazone groups is 1. The lowest BCUT2D eigenvalue weighted by molar-refractivity contribution is -0.125. The van der Waals surface area contributed by atoms with Gasteiger partial charge in [-0.15, -0.1) is 0 Å². The molecule has 6 nitrogen and oxygen atoms in total. The van der Waals surface area contributed by atoms with Gasteiger partial charge >= 0.3 is 0 Å². The van der Waals surface area contributed by atoms with Crippen molar-refractivity contribution in [3.05, 3.63) is 58.1 Å². The van der Waals surface area contributed by atoms with Crippen LogP contribution in [0.2, 0.25) is 10.0 Å². The number of hydrogen-bond acceptors (Lipinski definition) is 4. The van der Waals surface area contributed by atoms with Crippen molar-refractivity contribution in [2.24, 2.45) is 5.10 Å². The molecule has 2 aromatic rings. The summed E-state index contributed by atoms with van der Waals surface area (Å²) in [5.74, 6) is -0.254. The van der Waals surface area contributed by atoms with Crippen molar-refractivity contribution in [3.8, 4) is 5.75 Å². The minimum atomic E-state index is -0.431. The standard InChI is InChI=1S/C18H15Cl2N3O3/c1-11(12-2-4-13(19)5-3-12)21-22-17(24)9-23-15-8-14(20)6-7-16(15)26-10-18(23)25/h2-8H,9-10H2,1H3,(H,22,24)/b21-11+. The Labute approximate surface area is 160 Å². The maximum atomic E-state index is 12.2. The van der Waals surface area contributed by atoms with Gasteiger partial charge < -0.3 is 4.74 Å². The Kier molecular flexibility index (Phi) is 5.44. The quantitative estimate of drug-likeness (QED) is 0.642. The summed E-state index contributed by atoms with van der Waals surface area (Å²) in [5, 5.41) is 5.13. The van der Waals surface area contributed by atoms with E-state index >= 15 is 0 Å². The van der Waals surface area contributed by atoms with E-state index < -0.39 is 5.91 Å². The third kappa shape index (κ3) is 4.15. The first kappa shape index (κ1) is 18.2. The molecule has 0 radical (unpaired) electrons. The first-order chi connectivity index (χ1) is 12.4. The van der Waals surface area contributed by atoms with Crippen molar-refractivity contribution in [1.29, 1.82) is 0 Å². The van der Waals surface area contributed by atoms with Crippen LogP contribution in [0.1, 0.15) is 12.5 Å². The van der Waals surface area contributed by atoms with Gasteiger partial charge in [-0.2, -0.15) is 5.10 Å². The summed E-state index contributed by atoms with van der Waals surface area (Å²) in [7, 11) is 0. The lowest BCUT2D eigenvalue weighted by Crippen LogP contribution is -2.44. The molecule has 0 saturated carbocycles. The van der Waals surface area contributed by atoms with Crippen LogP contribution in [0.4, 0.5) is 5.69 Å². The lowest BCUT2D eigenvalue weighted by atomic mass is 10.1. The fraction of sp³-hybridized carbons (Fsp3) is 0.167. The van der Waals surface area contributed by atoms with Crippen molar-refractivity contribution in [3.63, 3.8) is 0 Å². The number of rotatable bonds is 4. The van der Waals surface area contributed by atoms with Crippen LogP contribution in [-0.4, -0.2) is 30.7 Å². The number of benzene rings is 2. The number of halogens is 2. The topological polar surface area (TPSA) is 71.0 Å². The molecule has 0 atom stereocenters. The second kappa shape index (κ2) is 7.76. The zero-order valence-corrected chi connectivity index (χ0v) is 15.3. The Balaban J connectivity index is 1.70. The summed E-state index contributed by atoms with van der Waals surface area (Å²) >= 11 is 11.8. The van der Waals surface area contributed by atoms with E-state index in [0.717, 1.165) is 5.56 Å². The monoisotopic (exact) mass is 391 g/mol. The molecule has 0 aliphatic carbocycles. The average molecular weight is 392 g/mol. The van der Waals surface area contributed by atoms with Gasteiger partial charge in [0.15, 0.2) is 6.61 Å². The van der Waals surface area contributed by atoms with Crippen molar-refractivity contribution >= 4 is 46.4 Å². The molecule has 0 saturated heterocycles. The van der Waals surface area contributed by atoms with Crippen molar-refractivity contribution in [2.45, 2.75) is 6.92 Å². The molecule has 0 unspecified atom stereocenters. The molecule has 1 aliphatic rings. The third-order valence-corrected chi connectivity index (χ3v) is 4.26. The molecule has 1 heterocycles. The van der Waals surface area contributed by atoms with Gasteiger partial charge in [0.25, 0.3) is 11.8 Å². The second-order valence-corrected chi connectivity index (χ2v) is 6.49. The van der Waals surface area contributed by atoms with Gasteiger partial charge in [-0.3, -0.25) is 14.5 Å². The molecular formula is C18H15Cl2N3O3. The molecule has 2 amide bonds. The Hall–Kier alpha value is -2.57.